The van der Waals surface area contributed by atoms with Gasteiger partial charge in [0.1, 0.15) is 11.3 Å². The highest BCUT2D eigenvalue weighted by Gasteiger charge is 2.56. The Morgan fingerprint density at radius 2 is 1.96 bits per heavy atom. The lowest BCUT2D eigenvalue weighted by molar-refractivity contribution is 0.0732. The molecule has 1 aromatic heterocycles. The maximum atomic E-state index is 13.1. The molecule has 0 aromatic carbocycles. The predicted octanol–water partition coefficient (Wildman–Crippen LogP) is 0.167. The standard InChI is InChI=1S/C18H27N3O6S/c1-12-16(13(2)27-19-12)17(23)20-7-14-8-21(10-18(14,9-20)11-22)28(24,25)15-3-5-26-6-4-15/h14-15,22H,3-11H2,1-2H3. The van der Waals surface area contributed by atoms with Crippen LogP contribution in [0.4, 0.5) is 0 Å². The highest BCUT2D eigenvalue weighted by Crippen LogP contribution is 2.44. The number of aryl methyl sites for hydroxylation is 2. The van der Waals surface area contributed by atoms with E-state index in [-0.39, 0.29) is 25.0 Å². The first-order valence-corrected chi connectivity index (χ1v) is 11.2. The van der Waals surface area contributed by atoms with E-state index in [0.717, 1.165) is 0 Å². The van der Waals surface area contributed by atoms with Crippen molar-refractivity contribution in [3.05, 3.63) is 17.0 Å². The average Bonchev–Trinajstić information content (AvgIpc) is 3.32. The van der Waals surface area contributed by atoms with Gasteiger partial charge in [0.05, 0.1) is 17.6 Å². The molecule has 2 atom stereocenters. The number of nitrogens with zero attached hydrogens (tertiary/aromatic N) is 3. The first kappa shape index (κ1) is 19.8. The van der Waals surface area contributed by atoms with Crippen LogP contribution < -0.4 is 0 Å². The maximum absolute atomic E-state index is 13.1. The fourth-order valence-electron chi connectivity index (χ4n) is 4.83. The molecule has 0 spiro atoms. The molecule has 28 heavy (non-hydrogen) atoms. The molecule has 1 amide bonds. The molecule has 0 radical (unpaired) electrons. The molecule has 4 rings (SSSR count). The molecule has 10 heteroatoms. The molecule has 1 N–H and O–H groups in total. The summed E-state index contributed by atoms with van der Waals surface area (Å²) in [5.41, 5.74) is 0.383. The van der Waals surface area contributed by atoms with Gasteiger partial charge in [-0.3, -0.25) is 4.79 Å². The van der Waals surface area contributed by atoms with Crippen LogP contribution in [0.5, 0.6) is 0 Å². The molecule has 3 aliphatic rings. The van der Waals surface area contributed by atoms with Crippen molar-refractivity contribution < 1.29 is 27.6 Å². The average molecular weight is 413 g/mol. The Bertz CT molecular complexity index is 843. The van der Waals surface area contributed by atoms with Gasteiger partial charge in [-0.05, 0) is 26.7 Å². The minimum absolute atomic E-state index is 0.0865. The predicted molar refractivity (Wildman–Crippen MR) is 99.2 cm³/mol. The molecule has 0 saturated carbocycles. The lowest BCUT2D eigenvalue weighted by Gasteiger charge is -2.30. The molecule has 3 saturated heterocycles. The number of likely N-dealkylation sites (tertiary alicyclic amines) is 1. The molecule has 9 nitrogen and oxygen atoms in total. The highest BCUT2D eigenvalue weighted by molar-refractivity contribution is 7.89. The van der Waals surface area contributed by atoms with Crippen molar-refractivity contribution in [1.29, 1.82) is 0 Å². The van der Waals surface area contributed by atoms with Crippen LogP contribution in [0.1, 0.15) is 34.7 Å². The summed E-state index contributed by atoms with van der Waals surface area (Å²) in [6.45, 7) is 5.55. The van der Waals surface area contributed by atoms with E-state index in [1.54, 1.807) is 18.7 Å². The quantitative estimate of drug-likeness (QED) is 0.748. The number of hydrogen-bond donors (Lipinski definition) is 1. The Morgan fingerprint density at radius 3 is 2.54 bits per heavy atom. The number of ether oxygens (including phenoxy) is 1. The Morgan fingerprint density at radius 1 is 1.25 bits per heavy atom. The topological polar surface area (TPSA) is 113 Å². The molecule has 2 unspecified atom stereocenters. The second kappa shape index (κ2) is 7.08. The van der Waals surface area contributed by atoms with Crippen LogP contribution in [0.2, 0.25) is 0 Å². The number of aromatic nitrogens is 1. The van der Waals surface area contributed by atoms with Crippen molar-refractivity contribution in [3.8, 4) is 0 Å². The molecular weight excluding hydrogens is 386 g/mol. The molecule has 3 aliphatic heterocycles. The third-order valence-corrected chi connectivity index (χ3v) is 8.84. The van der Waals surface area contributed by atoms with Gasteiger partial charge >= 0.3 is 0 Å². The molecule has 1 aromatic rings. The van der Waals surface area contributed by atoms with Crippen molar-refractivity contribution >= 4 is 15.9 Å². The second-order valence-electron chi connectivity index (χ2n) is 8.25. The summed E-state index contributed by atoms with van der Waals surface area (Å²) in [4.78, 5) is 14.7. The molecule has 3 fully saturated rings. The molecular formula is C18H27N3O6S. The molecule has 0 bridgehead atoms. The zero-order valence-corrected chi connectivity index (χ0v) is 17.1. The molecule has 4 heterocycles. The van der Waals surface area contributed by atoms with Gasteiger partial charge in [0.15, 0.2) is 0 Å². The fraction of sp³-hybridized carbons (Fsp3) is 0.778. The van der Waals surface area contributed by atoms with Crippen LogP contribution in [0.3, 0.4) is 0 Å². The monoisotopic (exact) mass is 413 g/mol. The van der Waals surface area contributed by atoms with Gasteiger partial charge in [-0.15, -0.1) is 0 Å². The Kier molecular flexibility index (Phi) is 5.01. The van der Waals surface area contributed by atoms with Crippen LogP contribution in [0, 0.1) is 25.2 Å². The van der Waals surface area contributed by atoms with Crippen molar-refractivity contribution in [2.75, 3.05) is 46.0 Å². The number of fused-ring (bicyclic) bond motifs is 1. The van der Waals surface area contributed by atoms with E-state index in [2.05, 4.69) is 5.16 Å². The van der Waals surface area contributed by atoms with Crippen molar-refractivity contribution in [1.82, 2.24) is 14.4 Å². The summed E-state index contributed by atoms with van der Waals surface area (Å²) in [7, 11) is -3.43. The normalized spacial score (nSPS) is 29.4. The minimum Gasteiger partial charge on any atom is -0.396 e. The smallest absolute Gasteiger partial charge is 0.259 e. The second-order valence-corrected chi connectivity index (χ2v) is 10.5. The van der Waals surface area contributed by atoms with Gasteiger partial charge in [0.25, 0.3) is 5.91 Å². The fourth-order valence-corrected chi connectivity index (χ4v) is 6.87. The number of rotatable bonds is 4. The lowest BCUT2D eigenvalue weighted by atomic mass is 9.82. The largest absolute Gasteiger partial charge is 0.396 e. The van der Waals surface area contributed by atoms with E-state index >= 15 is 0 Å². The number of aliphatic hydroxyl groups excluding tert-OH is 1. The van der Waals surface area contributed by atoms with E-state index in [9.17, 15) is 18.3 Å². The Balaban J connectivity index is 1.51. The summed E-state index contributed by atoms with van der Waals surface area (Å²) in [5, 5.41) is 13.6. The summed E-state index contributed by atoms with van der Waals surface area (Å²) >= 11 is 0. The number of carbonyl (C=O) groups excluding carboxylic acids is 1. The summed E-state index contributed by atoms with van der Waals surface area (Å²) in [5.74, 6) is 0.218. The van der Waals surface area contributed by atoms with Crippen LogP contribution in [0.15, 0.2) is 4.52 Å². The van der Waals surface area contributed by atoms with Crippen molar-refractivity contribution in [2.24, 2.45) is 11.3 Å². The van der Waals surface area contributed by atoms with Gasteiger partial charge < -0.3 is 19.3 Å². The zero-order valence-electron chi connectivity index (χ0n) is 16.3. The van der Waals surface area contributed by atoms with Gasteiger partial charge in [0.2, 0.25) is 10.0 Å². The van der Waals surface area contributed by atoms with Gasteiger partial charge in [0, 0.05) is 50.7 Å². The number of carbonyl (C=O) groups is 1. The number of amides is 1. The minimum atomic E-state index is -3.43. The SMILES string of the molecule is Cc1noc(C)c1C(=O)N1CC2CN(S(=O)(=O)C3CCOCC3)CC2(CO)C1. The summed E-state index contributed by atoms with van der Waals surface area (Å²) in [6, 6.07) is 0. The highest BCUT2D eigenvalue weighted by atomic mass is 32.2. The third-order valence-electron chi connectivity index (χ3n) is 6.53. The van der Waals surface area contributed by atoms with E-state index in [1.165, 1.54) is 4.31 Å². The van der Waals surface area contributed by atoms with E-state index in [1.807, 2.05) is 0 Å². The van der Waals surface area contributed by atoms with Gasteiger partial charge in [-0.1, -0.05) is 5.16 Å². The maximum Gasteiger partial charge on any atom is 0.259 e. The van der Waals surface area contributed by atoms with Gasteiger partial charge in [-0.2, -0.15) is 0 Å². The van der Waals surface area contributed by atoms with Crippen LogP contribution >= 0.6 is 0 Å². The van der Waals surface area contributed by atoms with E-state index < -0.39 is 20.7 Å². The molecule has 156 valence electrons. The lowest BCUT2D eigenvalue weighted by Crippen LogP contribution is -2.44. The first-order valence-electron chi connectivity index (χ1n) is 9.68. The van der Waals surface area contributed by atoms with Crippen LogP contribution in [-0.4, -0.2) is 85.0 Å². The van der Waals surface area contributed by atoms with Crippen molar-refractivity contribution in [3.63, 3.8) is 0 Å². The van der Waals surface area contributed by atoms with Crippen molar-refractivity contribution in [2.45, 2.75) is 31.9 Å². The number of hydrogen-bond acceptors (Lipinski definition) is 7. The van der Waals surface area contributed by atoms with E-state index in [0.29, 0.717) is 62.7 Å². The summed E-state index contributed by atoms with van der Waals surface area (Å²) < 4.78 is 38.0. The van der Waals surface area contributed by atoms with E-state index in [4.69, 9.17) is 9.26 Å². The summed E-state index contributed by atoms with van der Waals surface area (Å²) in [6.07, 6.45) is 1.01. The number of aliphatic hydroxyl groups is 1. The Hall–Kier alpha value is -1.49. The van der Waals surface area contributed by atoms with Crippen LogP contribution in [-0.2, 0) is 14.8 Å². The number of sulfonamides is 1. The first-order chi connectivity index (χ1) is 13.3. The van der Waals surface area contributed by atoms with Gasteiger partial charge in [-0.25, -0.2) is 12.7 Å². The zero-order chi connectivity index (χ0) is 20.1. The third kappa shape index (κ3) is 3.06. The van der Waals surface area contributed by atoms with Crippen LogP contribution in [0.25, 0.3) is 0 Å². The Labute approximate surface area is 164 Å². The molecule has 0 aliphatic carbocycles.